The van der Waals surface area contributed by atoms with Gasteiger partial charge in [-0.3, -0.25) is 9.69 Å². The molecule has 0 aliphatic heterocycles. The SMILES string of the molecule is CN(Cc1ccccc1Br)Cn1ncc2ccccc2c1=O. The second-order valence-electron chi connectivity index (χ2n) is 5.28. The predicted molar refractivity (Wildman–Crippen MR) is 91.6 cm³/mol. The van der Waals surface area contributed by atoms with Crippen LogP contribution in [-0.2, 0) is 13.2 Å². The van der Waals surface area contributed by atoms with Gasteiger partial charge in [0.1, 0.15) is 0 Å². The zero-order valence-corrected chi connectivity index (χ0v) is 13.8. The van der Waals surface area contributed by atoms with E-state index >= 15 is 0 Å². The minimum absolute atomic E-state index is 0.0583. The molecule has 4 nitrogen and oxygen atoms in total. The molecule has 112 valence electrons. The van der Waals surface area contributed by atoms with Gasteiger partial charge in [-0.25, -0.2) is 4.68 Å². The Morgan fingerprint density at radius 3 is 2.68 bits per heavy atom. The first-order chi connectivity index (χ1) is 10.6. The summed E-state index contributed by atoms with van der Waals surface area (Å²) < 4.78 is 2.57. The standard InChI is InChI=1S/C17H16BrN3O/c1-20(11-14-7-3-5-9-16(14)18)12-21-17(22)15-8-4-2-6-13(15)10-19-21/h2-10H,11-12H2,1H3. The highest BCUT2D eigenvalue weighted by Crippen LogP contribution is 2.17. The Balaban J connectivity index is 1.82. The van der Waals surface area contributed by atoms with Crippen molar-refractivity contribution in [2.75, 3.05) is 7.05 Å². The van der Waals surface area contributed by atoms with Crippen molar-refractivity contribution in [3.63, 3.8) is 0 Å². The number of nitrogens with zero attached hydrogens (tertiary/aromatic N) is 3. The Kier molecular flexibility index (Phi) is 4.36. The summed E-state index contributed by atoms with van der Waals surface area (Å²) in [5, 5.41) is 5.83. The van der Waals surface area contributed by atoms with Crippen molar-refractivity contribution in [2.24, 2.45) is 0 Å². The molecule has 5 heteroatoms. The molecule has 0 atom stereocenters. The van der Waals surface area contributed by atoms with Crippen LogP contribution in [0, 0.1) is 0 Å². The maximum atomic E-state index is 12.4. The lowest BCUT2D eigenvalue weighted by atomic mass is 10.2. The molecule has 0 radical (unpaired) electrons. The minimum atomic E-state index is -0.0583. The van der Waals surface area contributed by atoms with Crippen molar-refractivity contribution in [1.82, 2.24) is 14.7 Å². The van der Waals surface area contributed by atoms with E-state index in [0.717, 1.165) is 16.4 Å². The van der Waals surface area contributed by atoms with Gasteiger partial charge in [-0.15, -0.1) is 0 Å². The van der Waals surface area contributed by atoms with Crippen LogP contribution in [0.1, 0.15) is 5.56 Å². The van der Waals surface area contributed by atoms with Crippen LogP contribution in [0.3, 0.4) is 0 Å². The molecule has 0 saturated heterocycles. The quantitative estimate of drug-likeness (QED) is 0.719. The Bertz CT molecular complexity index is 860. The van der Waals surface area contributed by atoms with Crippen LogP contribution in [0.15, 0.2) is 64.0 Å². The van der Waals surface area contributed by atoms with E-state index in [-0.39, 0.29) is 5.56 Å². The van der Waals surface area contributed by atoms with Crippen molar-refractivity contribution in [2.45, 2.75) is 13.2 Å². The van der Waals surface area contributed by atoms with Crippen molar-refractivity contribution in [3.8, 4) is 0 Å². The van der Waals surface area contributed by atoms with E-state index in [0.29, 0.717) is 12.1 Å². The molecule has 0 amide bonds. The Labute approximate surface area is 137 Å². The number of aromatic nitrogens is 2. The van der Waals surface area contributed by atoms with Gasteiger partial charge in [0.15, 0.2) is 0 Å². The second kappa shape index (κ2) is 6.42. The summed E-state index contributed by atoms with van der Waals surface area (Å²) in [5.74, 6) is 0. The Morgan fingerprint density at radius 1 is 1.14 bits per heavy atom. The monoisotopic (exact) mass is 357 g/mol. The Morgan fingerprint density at radius 2 is 1.86 bits per heavy atom. The molecule has 3 aromatic rings. The summed E-state index contributed by atoms with van der Waals surface area (Å²) in [5.41, 5.74) is 1.12. The first-order valence-electron chi connectivity index (χ1n) is 7.02. The summed E-state index contributed by atoms with van der Waals surface area (Å²) in [7, 11) is 1.97. The minimum Gasteiger partial charge on any atom is -0.283 e. The highest BCUT2D eigenvalue weighted by atomic mass is 79.9. The molecule has 22 heavy (non-hydrogen) atoms. The molecule has 0 unspecified atom stereocenters. The smallest absolute Gasteiger partial charge is 0.275 e. The lowest BCUT2D eigenvalue weighted by Crippen LogP contribution is -2.31. The molecular weight excluding hydrogens is 342 g/mol. The molecule has 0 aliphatic rings. The lowest BCUT2D eigenvalue weighted by molar-refractivity contribution is 0.240. The molecule has 0 fully saturated rings. The average molecular weight is 358 g/mol. The fourth-order valence-electron chi connectivity index (χ4n) is 2.42. The Hall–Kier alpha value is -1.98. The van der Waals surface area contributed by atoms with Crippen LogP contribution in [0.4, 0.5) is 0 Å². The zero-order chi connectivity index (χ0) is 15.5. The van der Waals surface area contributed by atoms with Gasteiger partial charge in [0.05, 0.1) is 18.3 Å². The third-order valence-electron chi connectivity index (χ3n) is 3.54. The van der Waals surface area contributed by atoms with Crippen LogP contribution in [0.2, 0.25) is 0 Å². The first-order valence-corrected chi connectivity index (χ1v) is 7.81. The number of fused-ring (bicyclic) bond motifs is 1. The van der Waals surface area contributed by atoms with Crippen molar-refractivity contribution >= 4 is 26.7 Å². The summed E-state index contributed by atoms with van der Waals surface area (Å²) in [6.45, 7) is 1.19. The molecule has 0 saturated carbocycles. The van der Waals surface area contributed by atoms with Gasteiger partial charge in [0.2, 0.25) is 0 Å². The number of benzene rings is 2. The van der Waals surface area contributed by atoms with Crippen molar-refractivity contribution in [1.29, 1.82) is 0 Å². The van der Waals surface area contributed by atoms with Crippen LogP contribution in [0.5, 0.6) is 0 Å². The van der Waals surface area contributed by atoms with E-state index in [9.17, 15) is 4.79 Å². The number of halogens is 1. The van der Waals surface area contributed by atoms with E-state index in [1.165, 1.54) is 10.2 Å². The molecule has 0 spiro atoms. The number of rotatable bonds is 4. The number of hydrogen-bond acceptors (Lipinski definition) is 3. The maximum absolute atomic E-state index is 12.4. The van der Waals surface area contributed by atoms with Crippen LogP contribution < -0.4 is 5.56 Å². The van der Waals surface area contributed by atoms with Gasteiger partial charge < -0.3 is 0 Å². The van der Waals surface area contributed by atoms with Gasteiger partial charge in [-0.05, 0) is 24.7 Å². The fraction of sp³-hybridized carbons (Fsp3) is 0.176. The van der Waals surface area contributed by atoms with Crippen molar-refractivity contribution < 1.29 is 0 Å². The number of hydrogen-bond donors (Lipinski definition) is 0. The van der Waals surface area contributed by atoms with E-state index in [2.05, 4.69) is 32.0 Å². The zero-order valence-electron chi connectivity index (χ0n) is 12.2. The molecular formula is C17H16BrN3O. The molecule has 2 aromatic carbocycles. The van der Waals surface area contributed by atoms with Gasteiger partial charge in [-0.2, -0.15) is 5.10 Å². The topological polar surface area (TPSA) is 38.1 Å². The van der Waals surface area contributed by atoms with Gasteiger partial charge in [0, 0.05) is 16.4 Å². The van der Waals surface area contributed by atoms with Gasteiger partial charge in [-0.1, -0.05) is 52.3 Å². The second-order valence-corrected chi connectivity index (χ2v) is 6.14. The summed E-state index contributed by atoms with van der Waals surface area (Å²) in [6.07, 6.45) is 1.74. The molecule has 3 rings (SSSR count). The fourth-order valence-corrected chi connectivity index (χ4v) is 2.83. The lowest BCUT2D eigenvalue weighted by Gasteiger charge is -2.18. The van der Waals surface area contributed by atoms with Crippen LogP contribution in [-0.4, -0.2) is 21.7 Å². The van der Waals surface area contributed by atoms with Gasteiger partial charge >= 0.3 is 0 Å². The van der Waals surface area contributed by atoms with Crippen molar-refractivity contribution in [3.05, 3.63) is 75.1 Å². The van der Waals surface area contributed by atoms with E-state index in [1.807, 2.05) is 49.5 Å². The van der Waals surface area contributed by atoms with E-state index in [1.54, 1.807) is 6.20 Å². The first kappa shape index (κ1) is 14.9. The van der Waals surface area contributed by atoms with Gasteiger partial charge in [0.25, 0.3) is 5.56 Å². The predicted octanol–water partition coefficient (Wildman–Crippen LogP) is 3.25. The molecule has 0 aliphatic carbocycles. The maximum Gasteiger partial charge on any atom is 0.275 e. The third-order valence-corrected chi connectivity index (χ3v) is 4.31. The molecule has 1 heterocycles. The highest BCUT2D eigenvalue weighted by molar-refractivity contribution is 9.10. The summed E-state index contributed by atoms with van der Waals surface area (Å²) in [6, 6.07) is 15.6. The average Bonchev–Trinajstić information content (AvgIpc) is 2.53. The van der Waals surface area contributed by atoms with E-state index in [4.69, 9.17) is 0 Å². The molecule has 1 aromatic heterocycles. The van der Waals surface area contributed by atoms with E-state index < -0.39 is 0 Å². The molecule has 0 N–H and O–H groups in total. The highest BCUT2D eigenvalue weighted by Gasteiger charge is 2.08. The third kappa shape index (κ3) is 3.10. The largest absolute Gasteiger partial charge is 0.283 e. The molecule has 0 bridgehead atoms. The normalized spacial score (nSPS) is 11.2. The summed E-state index contributed by atoms with van der Waals surface area (Å²) >= 11 is 3.55. The van der Waals surface area contributed by atoms with Crippen LogP contribution >= 0.6 is 15.9 Å². The summed E-state index contributed by atoms with van der Waals surface area (Å²) in [4.78, 5) is 14.5. The van der Waals surface area contributed by atoms with Crippen LogP contribution in [0.25, 0.3) is 10.8 Å².